The van der Waals surface area contributed by atoms with Crippen molar-refractivity contribution < 1.29 is 24.8 Å². The van der Waals surface area contributed by atoms with Gasteiger partial charge in [-0.3, -0.25) is 4.79 Å². The fourth-order valence-electron chi connectivity index (χ4n) is 5.66. The zero-order valence-electron chi connectivity index (χ0n) is 28.3. The smallest absolute Gasteiger partial charge is 0.323 e. The third-order valence-corrected chi connectivity index (χ3v) is 8.45. The number of carbonyl (C=O) groups is 2. The number of fused-ring (bicyclic) bond motifs is 1. The number of aromatic nitrogens is 1. The second kappa shape index (κ2) is 14.7. The minimum Gasteiger partial charge on any atom is -0.494 e. The van der Waals surface area contributed by atoms with Crippen LogP contribution in [0.1, 0.15) is 48.8 Å². The number of nitrogens with zero attached hydrogens (tertiary/aromatic N) is 2. The van der Waals surface area contributed by atoms with Gasteiger partial charge in [0.25, 0.3) is 5.91 Å². The van der Waals surface area contributed by atoms with Crippen LogP contribution in [0.5, 0.6) is 17.2 Å². The van der Waals surface area contributed by atoms with E-state index in [1.54, 1.807) is 18.3 Å². The molecule has 10 nitrogen and oxygen atoms in total. The van der Waals surface area contributed by atoms with Crippen molar-refractivity contribution in [2.45, 2.75) is 32.6 Å². The van der Waals surface area contributed by atoms with Gasteiger partial charge in [-0.1, -0.05) is 63.2 Å². The van der Waals surface area contributed by atoms with Crippen molar-refractivity contribution in [1.29, 1.82) is 0 Å². The Labute approximate surface area is 292 Å². The standard InChI is InChI=1S/C39H42N6O4.4H2/c1-39(2,3)26-23-31(37(46)41-19-22-45-20-10-21-45)36(48-4)33(24-26)44-38(47)43-32-15-16-34(30-14-9-8-13-29(30)32)49-28-17-18-40-35(25-28)42-27-11-6-5-7-12-27;;;;/h5-9,11-18,23-25H,10,19-22H2,1-4H3,(H,40,42)(H,41,46)(H2,43,44,47);4*1H. The highest BCUT2D eigenvalue weighted by Crippen LogP contribution is 2.37. The lowest BCUT2D eigenvalue weighted by Gasteiger charge is -2.30. The highest BCUT2D eigenvalue weighted by atomic mass is 16.5. The first-order valence-electron chi connectivity index (χ1n) is 16.5. The van der Waals surface area contributed by atoms with Crippen molar-refractivity contribution >= 4 is 45.6 Å². The van der Waals surface area contributed by atoms with E-state index in [1.165, 1.54) is 13.5 Å². The third kappa shape index (κ3) is 8.10. The highest BCUT2D eigenvalue weighted by Gasteiger charge is 2.24. The van der Waals surface area contributed by atoms with Crippen LogP contribution in [0.15, 0.2) is 97.2 Å². The molecule has 5 aromatic rings. The predicted octanol–water partition coefficient (Wildman–Crippen LogP) is 9.14. The number of urea groups is 1. The number of nitrogens with one attached hydrogen (secondary N) is 4. The number of likely N-dealkylation sites (tertiary alicyclic amines) is 1. The average molecular weight is 667 g/mol. The van der Waals surface area contributed by atoms with Gasteiger partial charge in [-0.2, -0.15) is 0 Å². The van der Waals surface area contributed by atoms with Crippen molar-refractivity contribution in [2.24, 2.45) is 0 Å². The molecule has 4 aromatic carbocycles. The van der Waals surface area contributed by atoms with E-state index in [2.05, 4.69) is 51.9 Å². The SMILES string of the molecule is COc1c(NC(=O)Nc2ccc(Oc3ccnc(Nc4ccccc4)c3)c3ccccc23)cc(C(C)(C)C)cc1C(=O)NCCN1CCC1.[HH].[HH].[HH].[HH]. The molecule has 2 heterocycles. The maximum absolute atomic E-state index is 13.6. The molecule has 1 aliphatic rings. The average Bonchev–Trinajstić information content (AvgIpc) is 3.06. The number of para-hydroxylation sites is 1. The summed E-state index contributed by atoms with van der Waals surface area (Å²) in [6, 6.07) is 28.0. The molecule has 0 spiro atoms. The van der Waals surface area contributed by atoms with E-state index in [0.717, 1.165) is 41.7 Å². The molecule has 1 saturated heterocycles. The third-order valence-electron chi connectivity index (χ3n) is 8.45. The number of amides is 3. The lowest BCUT2D eigenvalue weighted by Crippen LogP contribution is -2.42. The number of hydrogen-bond donors (Lipinski definition) is 4. The van der Waals surface area contributed by atoms with E-state index in [-0.39, 0.29) is 17.0 Å². The minimum absolute atomic E-state index is 0. The number of carbonyl (C=O) groups excluding carboxylic acids is 2. The highest BCUT2D eigenvalue weighted by molar-refractivity contribution is 6.09. The van der Waals surface area contributed by atoms with Crippen molar-refractivity contribution in [3.05, 3.63) is 108 Å². The van der Waals surface area contributed by atoms with Crippen LogP contribution >= 0.6 is 0 Å². The Balaban J connectivity index is 0.00000243. The Bertz CT molecular complexity index is 1970. The first kappa shape index (κ1) is 33.3. The first-order chi connectivity index (χ1) is 23.7. The van der Waals surface area contributed by atoms with Gasteiger partial charge in [0.05, 0.1) is 24.0 Å². The zero-order chi connectivity index (χ0) is 34.4. The van der Waals surface area contributed by atoms with Crippen LogP contribution in [-0.2, 0) is 5.41 Å². The molecule has 260 valence electrons. The van der Waals surface area contributed by atoms with Crippen LogP contribution in [0.25, 0.3) is 10.8 Å². The number of methoxy groups -OCH3 is 1. The quantitative estimate of drug-likeness (QED) is 0.111. The summed E-state index contributed by atoms with van der Waals surface area (Å²) in [5.41, 5.74) is 2.90. The maximum atomic E-state index is 13.6. The fraction of sp³-hybridized carbons (Fsp3) is 0.256. The fourth-order valence-corrected chi connectivity index (χ4v) is 5.66. The van der Waals surface area contributed by atoms with Crippen LogP contribution in [0.3, 0.4) is 0 Å². The molecule has 1 aromatic heterocycles. The Kier molecular flexibility index (Phi) is 9.96. The second-order valence-electron chi connectivity index (χ2n) is 13.0. The van der Waals surface area contributed by atoms with Gasteiger partial charge in [0, 0.05) is 47.5 Å². The summed E-state index contributed by atoms with van der Waals surface area (Å²) in [5.74, 6) is 1.95. The zero-order valence-corrected chi connectivity index (χ0v) is 28.3. The van der Waals surface area contributed by atoms with Crippen LogP contribution in [-0.4, -0.2) is 55.1 Å². The summed E-state index contributed by atoms with van der Waals surface area (Å²) >= 11 is 0. The molecule has 0 saturated carbocycles. The molecule has 3 amide bonds. The van der Waals surface area contributed by atoms with Gasteiger partial charge in [0.1, 0.15) is 17.3 Å². The van der Waals surface area contributed by atoms with E-state index >= 15 is 0 Å². The Morgan fingerprint density at radius 3 is 2.33 bits per heavy atom. The molecule has 0 bridgehead atoms. The normalized spacial score (nSPS) is 12.9. The first-order valence-corrected chi connectivity index (χ1v) is 16.5. The number of anilines is 4. The van der Waals surface area contributed by atoms with Gasteiger partial charge in [-0.15, -0.1) is 0 Å². The van der Waals surface area contributed by atoms with Crippen LogP contribution in [0, 0.1) is 0 Å². The van der Waals surface area contributed by atoms with E-state index < -0.39 is 6.03 Å². The molecular formula is C39H50N6O4. The molecule has 1 fully saturated rings. The molecule has 0 aliphatic carbocycles. The molecule has 6 rings (SSSR count). The monoisotopic (exact) mass is 666 g/mol. The van der Waals surface area contributed by atoms with Gasteiger partial charge in [0.2, 0.25) is 0 Å². The number of ether oxygens (including phenoxy) is 2. The Morgan fingerprint density at radius 2 is 1.61 bits per heavy atom. The largest absolute Gasteiger partial charge is 0.494 e. The van der Waals surface area contributed by atoms with Gasteiger partial charge < -0.3 is 35.6 Å². The molecule has 0 unspecified atom stereocenters. The van der Waals surface area contributed by atoms with Crippen molar-refractivity contribution in [3.8, 4) is 17.2 Å². The van der Waals surface area contributed by atoms with Gasteiger partial charge in [-0.05, 0) is 73.0 Å². The predicted molar refractivity (Wildman–Crippen MR) is 204 cm³/mol. The summed E-state index contributed by atoms with van der Waals surface area (Å²) in [6.07, 6.45) is 2.88. The molecule has 0 radical (unpaired) electrons. The van der Waals surface area contributed by atoms with Crippen molar-refractivity contribution in [3.63, 3.8) is 0 Å². The van der Waals surface area contributed by atoms with Gasteiger partial charge in [0.15, 0.2) is 5.75 Å². The molecule has 10 heteroatoms. The van der Waals surface area contributed by atoms with E-state index in [4.69, 9.17) is 9.47 Å². The second-order valence-corrected chi connectivity index (χ2v) is 13.0. The Hall–Kier alpha value is -5.61. The number of rotatable bonds is 11. The molecule has 0 atom stereocenters. The molecule has 1 aliphatic heterocycles. The lowest BCUT2D eigenvalue weighted by atomic mass is 9.85. The summed E-state index contributed by atoms with van der Waals surface area (Å²) < 4.78 is 12.0. The van der Waals surface area contributed by atoms with Crippen LogP contribution in [0.2, 0.25) is 0 Å². The van der Waals surface area contributed by atoms with Crippen molar-refractivity contribution in [1.82, 2.24) is 15.2 Å². The van der Waals surface area contributed by atoms with Crippen LogP contribution < -0.4 is 30.7 Å². The number of hydrogen-bond acceptors (Lipinski definition) is 7. The van der Waals surface area contributed by atoms with E-state index in [0.29, 0.717) is 46.5 Å². The van der Waals surface area contributed by atoms with Crippen molar-refractivity contribution in [2.75, 3.05) is 49.2 Å². The van der Waals surface area contributed by atoms with E-state index in [1.807, 2.05) is 78.9 Å². The Morgan fingerprint density at radius 1 is 0.878 bits per heavy atom. The molecule has 49 heavy (non-hydrogen) atoms. The summed E-state index contributed by atoms with van der Waals surface area (Å²) in [5, 5.41) is 13.9. The summed E-state index contributed by atoms with van der Waals surface area (Å²) in [6.45, 7) is 9.64. The van der Waals surface area contributed by atoms with Gasteiger partial charge >= 0.3 is 6.03 Å². The van der Waals surface area contributed by atoms with Gasteiger partial charge in [-0.25, -0.2) is 9.78 Å². The molecule has 4 N–H and O–H groups in total. The topological polar surface area (TPSA) is 117 Å². The van der Waals surface area contributed by atoms with E-state index in [9.17, 15) is 9.59 Å². The number of pyridine rings is 1. The molecular weight excluding hydrogens is 616 g/mol. The lowest BCUT2D eigenvalue weighted by molar-refractivity contribution is 0.0938. The maximum Gasteiger partial charge on any atom is 0.323 e. The summed E-state index contributed by atoms with van der Waals surface area (Å²) in [7, 11) is 1.50. The number of benzene rings is 4. The minimum atomic E-state index is -0.474. The summed E-state index contributed by atoms with van der Waals surface area (Å²) in [4.78, 5) is 33.6. The van der Waals surface area contributed by atoms with Crippen LogP contribution in [0.4, 0.5) is 27.7 Å².